The molecule has 76 valence electrons. The Hall–Kier alpha value is -1.38. The second-order valence-corrected chi connectivity index (χ2v) is 3.61. The summed E-state index contributed by atoms with van der Waals surface area (Å²) < 4.78 is 11.3. The van der Waals surface area contributed by atoms with Gasteiger partial charge in [-0.3, -0.25) is 0 Å². The van der Waals surface area contributed by atoms with Crippen LogP contribution in [0.1, 0.15) is 18.9 Å². The van der Waals surface area contributed by atoms with Crippen molar-refractivity contribution in [2.45, 2.75) is 26.4 Å². The minimum atomic E-state index is 0.172. The maximum atomic E-state index is 5.78. The molecule has 1 aromatic carbocycles. The highest BCUT2D eigenvalue weighted by Crippen LogP contribution is 2.35. The van der Waals surface area contributed by atoms with Crippen molar-refractivity contribution >= 4 is 5.69 Å². The first kappa shape index (κ1) is 9.19. The standard InChI is InChI=1S/C11H15NO2/c1-3-8-6-13-10-5-9(12)7(2)4-11(10)14-8/h4-5,8H,3,6,12H2,1-2H3. The molecule has 1 unspecified atom stereocenters. The molecule has 14 heavy (non-hydrogen) atoms. The molecule has 2 rings (SSSR count). The number of rotatable bonds is 1. The maximum absolute atomic E-state index is 5.78. The van der Waals surface area contributed by atoms with E-state index in [9.17, 15) is 0 Å². The van der Waals surface area contributed by atoms with Crippen molar-refractivity contribution in [1.82, 2.24) is 0 Å². The van der Waals surface area contributed by atoms with Gasteiger partial charge in [-0.05, 0) is 25.0 Å². The molecule has 0 saturated heterocycles. The van der Waals surface area contributed by atoms with Gasteiger partial charge in [0.15, 0.2) is 11.5 Å². The summed E-state index contributed by atoms with van der Waals surface area (Å²) in [5.41, 5.74) is 7.56. The fraction of sp³-hybridized carbons (Fsp3) is 0.455. The van der Waals surface area contributed by atoms with Crippen LogP contribution in [0.5, 0.6) is 11.5 Å². The number of fused-ring (bicyclic) bond motifs is 1. The van der Waals surface area contributed by atoms with Gasteiger partial charge in [0.2, 0.25) is 0 Å². The van der Waals surface area contributed by atoms with Gasteiger partial charge in [0.25, 0.3) is 0 Å². The van der Waals surface area contributed by atoms with Crippen LogP contribution in [0.4, 0.5) is 5.69 Å². The first-order valence-electron chi connectivity index (χ1n) is 4.90. The lowest BCUT2D eigenvalue weighted by Gasteiger charge is -2.26. The summed E-state index contributed by atoms with van der Waals surface area (Å²) in [5, 5.41) is 0. The third-order valence-corrected chi connectivity index (χ3v) is 2.51. The van der Waals surface area contributed by atoms with Crippen LogP contribution in [0.15, 0.2) is 12.1 Å². The molecule has 0 saturated carbocycles. The fourth-order valence-corrected chi connectivity index (χ4v) is 1.48. The normalized spacial score (nSPS) is 19.4. The van der Waals surface area contributed by atoms with E-state index in [1.54, 1.807) is 0 Å². The summed E-state index contributed by atoms with van der Waals surface area (Å²) >= 11 is 0. The van der Waals surface area contributed by atoms with Gasteiger partial charge in [-0.15, -0.1) is 0 Å². The van der Waals surface area contributed by atoms with Crippen molar-refractivity contribution in [3.05, 3.63) is 17.7 Å². The molecule has 0 fully saturated rings. The predicted molar refractivity (Wildman–Crippen MR) is 55.8 cm³/mol. The molecule has 3 heteroatoms. The van der Waals surface area contributed by atoms with Gasteiger partial charge in [0, 0.05) is 11.8 Å². The number of anilines is 1. The number of benzene rings is 1. The SMILES string of the molecule is CCC1COc2cc(N)c(C)cc2O1. The van der Waals surface area contributed by atoms with Crippen LogP contribution < -0.4 is 15.2 Å². The van der Waals surface area contributed by atoms with Crippen molar-refractivity contribution in [3.63, 3.8) is 0 Å². The molecule has 2 N–H and O–H groups in total. The molecule has 1 aliphatic heterocycles. The topological polar surface area (TPSA) is 44.5 Å². The summed E-state index contributed by atoms with van der Waals surface area (Å²) in [5.74, 6) is 1.58. The lowest BCUT2D eigenvalue weighted by Crippen LogP contribution is -2.28. The monoisotopic (exact) mass is 193 g/mol. The molecule has 0 radical (unpaired) electrons. The summed E-state index contributed by atoms with van der Waals surface area (Å²) in [6.07, 6.45) is 1.13. The minimum Gasteiger partial charge on any atom is -0.486 e. The van der Waals surface area contributed by atoms with Crippen molar-refractivity contribution in [2.24, 2.45) is 0 Å². The Bertz CT molecular complexity index is 349. The Kier molecular flexibility index (Phi) is 2.23. The number of hydrogen-bond donors (Lipinski definition) is 1. The Balaban J connectivity index is 2.33. The highest BCUT2D eigenvalue weighted by atomic mass is 16.6. The van der Waals surface area contributed by atoms with Crippen LogP contribution >= 0.6 is 0 Å². The van der Waals surface area contributed by atoms with Crippen LogP contribution in [0.3, 0.4) is 0 Å². The van der Waals surface area contributed by atoms with Gasteiger partial charge in [-0.25, -0.2) is 0 Å². The Morgan fingerprint density at radius 3 is 2.93 bits per heavy atom. The molecule has 0 amide bonds. The van der Waals surface area contributed by atoms with E-state index in [1.807, 2.05) is 19.1 Å². The maximum Gasteiger partial charge on any atom is 0.163 e. The minimum absolute atomic E-state index is 0.172. The first-order valence-corrected chi connectivity index (χ1v) is 4.90. The number of hydrogen-bond acceptors (Lipinski definition) is 3. The van der Waals surface area contributed by atoms with Gasteiger partial charge < -0.3 is 15.2 Å². The second kappa shape index (κ2) is 3.40. The van der Waals surface area contributed by atoms with Gasteiger partial charge in [0.05, 0.1) is 0 Å². The van der Waals surface area contributed by atoms with E-state index in [4.69, 9.17) is 15.2 Å². The molecule has 0 aromatic heterocycles. The highest BCUT2D eigenvalue weighted by Gasteiger charge is 2.20. The number of aryl methyl sites for hydroxylation is 1. The number of ether oxygens (including phenoxy) is 2. The summed E-state index contributed by atoms with van der Waals surface area (Å²) in [6, 6.07) is 3.77. The zero-order valence-corrected chi connectivity index (χ0v) is 8.54. The van der Waals surface area contributed by atoms with Crippen molar-refractivity contribution in [3.8, 4) is 11.5 Å². The van der Waals surface area contributed by atoms with Crippen LogP contribution in [0.25, 0.3) is 0 Å². The predicted octanol–water partition coefficient (Wildman–Crippen LogP) is 2.13. The van der Waals surface area contributed by atoms with Gasteiger partial charge in [-0.2, -0.15) is 0 Å². The third-order valence-electron chi connectivity index (χ3n) is 2.51. The van der Waals surface area contributed by atoms with Crippen LogP contribution in [0.2, 0.25) is 0 Å². The zero-order chi connectivity index (χ0) is 10.1. The van der Waals surface area contributed by atoms with Crippen LogP contribution in [-0.2, 0) is 0 Å². The second-order valence-electron chi connectivity index (χ2n) is 3.61. The van der Waals surface area contributed by atoms with Crippen molar-refractivity contribution in [1.29, 1.82) is 0 Å². The Morgan fingerprint density at radius 1 is 1.43 bits per heavy atom. The number of nitrogens with two attached hydrogens (primary N) is 1. The van der Waals surface area contributed by atoms with E-state index in [0.29, 0.717) is 6.61 Å². The summed E-state index contributed by atoms with van der Waals surface area (Å²) in [4.78, 5) is 0. The van der Waals surface area contributed by atoms with E-state index in [-0.39, 0.29) is 6.10 Å². The smallest absolute Gasteiger partial charge is 0.163 e. The van der Waals surface area contributed by atoms with E-state index in [1.165, 1.54) is 0 Å². The molecule has 1 heterocycles. The molecule has 0 spiro atoms. The average molecular weight is 193 g/mol. The molecule has 3 nitrogen and oxygen atoms in total. The largest absolute Gasteiger partial charge is 0.486 e. The third kappa shape index (κ3) is 1.50. The van der Waals surface area contributed by atoms with Gasteiger partial charge in [0.1, 0.15) is 12.7 Å². The first-order chi connectivity index (χ1) is 6.70. The van der Waals surface area contributed by atoms with Gasteiger partial charge in [-0.1, -0.05) is 6.92 Å². The van der Waals surface area contributed by atoms with Crippen molar-refractivity contribution in [2.75, 3.05) is 12.3 Å². The Labute approximate surface area is 83.8 Å². The fourth-order valence-electron chi connectivity index (χ4n) is 1.48. The van der Waals surface area contributed by atoms with E-state index in [2.05, 4.69) is 6.92 Å². The molecular weight excluding hydrogens is 178 g/mol. The molecule has 1 aromatic rings. The molecule has 0 bridgehead atoms. The molecule has 0 aliphatic carbocycles. The average Bonchev–Trinajstić information content (AvgIpc) is 2.19. The Morgan fingerprint density at radius 2 is 2.21 bits per heavy atom. The lowest BCUT2D eigenvalue weighted by molar-refractivity contribution is 0.0884. The molecule has 1 atom stereocenters. The van der Waals surface area contributed by atoms with Gasteiger partial charge >= 0.3 is 0 Å². The molecular formula is C11H15NO2. The highest BCUT2D eigenvalue weighted by molar-refractivity contribution is 5.57. The van der Waals surface area contributed by atoms with Crippen LogP contribution in [-0.4, -0.2) is 12.7 Å². The zero-order valence-electron chi connectivity index (χ0n) is 8.54. The van der Waals surface area contributed by atoms with Crippen LogP contribution in [0, 0.1) is 6.92 Å². The van der Waals surface area contributed by atoms with E-state index in [0.717, 1.165) is 29.2 Å². The van der Waals surface area contributed by atoms with E-state index < -0.39 is 0 Å². The van der Waals surface area contributed by atoms with E-state index >= 15 is 0 Å². The number of nitrogen functional groups attached to an aromatic ring is 1. The quantitative estimate of drug-likeness (QED) is 0.695. The molecule has 1 aliphatic rings. The summed E-state index contributed by atoms with van der Waals surface area (Å²) in [6.45, 7) is 4.67. The van der Waals surface area contributed by atoms with Crippen molar-refractivity contribution < 1.29 is 9.47 Å². The summed E-state index contributed by atoms with van der Waals surface area (Å²) in [7, 11) is 0. The lowest BCUT2D eigenvalue weighted by atomic mass is 10.1.